The maximum atomic E-state index is 13.2. The fourth-order valence-corrected chi connectivity index (χ4v) is 3.92. The van der Waals surface area contributed by atoms with Crippen LogP contribution in [0.2, 0.25) is 0 Å². The molecule has 0 N–H and O–H groups in total. The zero-order valence-electron chi connectivity index (χ0n) is 19.0. The number of nitrogens with zero attached hydrogens (tertiary/aromatic N) is 2. The smallest absolute Gasteiger partial charge is 0.337 e. The van der Waals surface area contributed by atoms with Crippen molar-refractivity contribution in [1.82, 2.24) is 4.98 Å². The maximum Gasteiger partial charge on any atom is 0.337 e. The predicted octanol–water partition coefficient (Wildman–Crippen LogP) is 4.41. The van der Waals surface area contributed by atoms with Gasteiger partial charge in [-0.25, -0.2) is 14.7 Å². The molecule has 2 amide bonds. The van der Waals surface area contributed by atoms with Crippen molar-refractivity contribution in [1.29, 1.82) is 0 Å². The molecule has 0 radical (unpaired) electrons. The fourth-order valence-electron chi connectivity index (χ4n) is 3.92. The van der Waals surface area contributed by atoms with Crippen molar-refractivity contribution in [2.75, 3.05) is 19.1 Å². The second kappa shape index (κ2) is 8.90. The molecule has 8 heteroatoms. The van der Waals surface area contributed by atoms with E-state index in [9.17, 15) is 14.4 Å². The highest BCUT2D eigenvalue weighted by atomic mass is 16.5. The van der Waals surface area contributed by atoms with E-state index >= 15 is 0 Å². The highest BCUT2D eigenvalue weighted by Gasteiger charge is 2.39. The third-order valence-corrected chi connectivity index (χ3v) is 5.74. The van der Waals surface area contributed by atoms with E-state index in [1.165, 1.54) is 7.11 Å². The summed E-state index contributed by atoms with van der Waals surface area (Å²) < 4.78 is 16.1. The lowest BCUT2D eigenvalue weighted by Gasteiger charge is -2.18. The van der Waals surface area contributed by atoms with Gasteiger partial charge in [0.25, 0.3) is 11.8 Å². The Morgan fingerprint density at radius 1 is 0.886 bits per heavy atom. The van der Waals surface area contributed by atoms with E-state index in [1.54, 1.807) is 55.6 Å². The van der Waals surface area contributed by atoms with E-state index in [4.69, 9.17) is 14.2 Å². The number of amides is 2. The molecular formula is C27H20N2O6. The number of rotatable bonds is 6. The largest absolute Gasteiger partial charge is 0.497 e. The van der Waals surface area contributed by atoms with Gasteiger partial charge in [-0.2, -0.15) is 0 Å². The first-order valence-corrected chi connectivity index (χ1v) is 10.8. The van der Waals surface area contributed by atoms with Crippen LogP contribution in [0.15, 0.2) is 72.8 Å². The molecule has 174 valence electrons. The molecule has 3 aromatic carbocycles. The molecule has 0 saturated heterocycles. The summed E-state index contributed by atoms with van der Waals surface area (Å²) >= 11 is 0. The lowest BCUT2D eigenvalue weighted by Crippen LogP contribution is -2.30. The molecule has 0 atom stereocenters. The van der Waals surface area contributed by atoms with Crippen molar-refractivity contribution in [2.24, 2.45) is 0 Å². The first-order chi connectivity index (χ1) is 17.0. The summed E-state index contributed by atoms with van der Waals surface area (Å²) in [6.45, 7) is 0.157. The van der Waals surface area contributed by atoms with E-state index in [2.05, 4.69) is 4.98 Å². The second-order valence-electron chi connectivity index (χ2n) is 7.84. The van der Waals surface area contributed by atoms with Gasteiger partial charge in [-0.3, -0.25) is 9.59 Å². The number of carbonyl (C=O) groups is 3. The van der Waals surface area contributed by atoms with Crippen molar-refractivity contribution < 1.29 is 28.6 Å². The molecule has 5 rings (SSSR count). The summed E-state index contributed by atoms with van der Waals surface area (Å²) in [6, 6.07) is 20.5. The predicted molar refractivity (Wildman–Crippen MR) is 128 cm³/mol. The number of methoxy groups -OCH3 is 2. The summed E-state index contributed by atoms with van der Waals surface area (Å²) in [4.78, 5) is 43.9. The van der Waals surface area contributed by atoms with E-state index < -0.39 is 17.8 Å². The van der Waals surface area contributed by atoms with Gasteiger partial charge in [0, 0.05) is 5.39 Å². The Kier molecular flexibility index (Phi) is 5.62. The Morgan fingerprint density at radius 3 is 2.20 bits per heavy atom. The minimum absolute atomic E-state index is 0.0861. The van der Waals surface area contributed by atoms with Crippen molar-refractivity contribution in [3.05, 3.63) is 95.1 Å². The summed E-state index contributed by atoms with van der Waals surface area (Å²) in [7, 11) is 2.89. The number of carbonyl (C=O) groups excluding carboxylic acids is 3. The lowest BCUT2D eigenvalue weighted by molar-refractivity contribution is 0.0600. The molecule has 1 aliphatic rings. The minimum Gasteiger partial charge on any atom is -0.497 e. The van der Waals surface area contributed by atoms with Crippen LogP contribution >= 0.6 is 0 Å². The van der Waals surface area contributed by atoms with Crippen LogP contribution in [0, 0.1) is 0 Å². The van der Waals surface area contributed by atoms with Gasteiger partial charge in [-0.1, -0.05) is 24.3 Å². The molecule has 0 aliphatic carbocycles. The van der Waals surface area contributed by atoms with Crippen molar-refractivity contribution in [3.63, 3.8) is 0 Å². The van der Waals surface area contributed by atoms with Gasteiger partial charge in [-0.05, 0) is 54.1 Å². The summed E-state index contributed by atoms with van der Waals surface area (Å²) in [6.07, 6.45) is 0. The number of imide groups is 1. The van der Waals surface area contributed by atoms with Gasteiger partial charge < -0.3 is 14.2 Å². The fraction of sp³-hybridized carbons (Fsp3) is 0.111. The van der Waals surface area contributed by atoms with Crippen molar-refractivity contribution in [3.8, 4) is 11.5 Å². The molecule has 4 aromatic rings. The molecule has 35 heavy (non-hydrogen) atoms. The van der Waals surface area contributed by atoms with Gasteiger partial charge in [0.15, 0.2) is 11.6 Å². The summed E-state index contributed by atoms with van der Waals surface area (Å²) in [5.41, 5.74) is 2.29. The lowest BCUT2D eigenvalue weighted by atomic mass is 10.1. The minimum atomic E-state index is -0.489. The Hall–Kier alpha value is -4.72. The number of pyridine rings is 1. The third-order valence-electron chi connectivity index (χ3n) is 5.74. The van der Waals surface area contributed by atoms with Crippen molar-refractivity contribution in [2.45, 2.75) is 6.61 Å². The molecule has 0 saturated carbocycles. The quantitative estimate of drug-likeness (QED) is 0.306. The highest BCUT2D eigenvalue weighted by Crippen LogP contribution is 2.36. The van der Waals surface area contributed by atoms with E-state index in [0.29, 0.717) is 33.3 Å². The number of fused-ring (bicyclic) bond motifs is 2. The molecule has 0 spiro atoms. The van der Waals surface area contributed by atoms with Crippen LogP contribution in [-0.2, 0) is 11.3 Å². The molecular weight excluding hydrogens is 448 g/mol. The van der Waals surface area contributed by atoms with Crippen LogP contribution in [0.1, 0.15) is 36.6 Å². The van der Waals surface area contributed by atoms with E-state index in [0.717, 1.165) is 10.5 Å². The van der Waals surface area contributed by atoms with Gasteiger partial charge in [0.05, 0.1) is 36.4 Å². The Labute approximate surface area is 200 Å². The number of anilines is 1. The Balaban J connectivity index is 1.58. The summed E-state index contributed by atoms with van der Waals surface area (Å²) in [5, 5.41) is 0.595. The van der Waals surface area contributed by atoms with Crippen LogP contribution in [0.25, 0.3) is 10.9 Å². The molecule has 2 heterocycles. The first kappa shape index (κ1) is 22.1. The Bertz CT molecular complexity index is 1440. The number of hydrogen-bond acceptors (Lipinski definition) is 7. The molecule has 0 bridgehead atoms. The number of esters is 1. The maximum absolute atomic E-state index is 13.2. The topological polar surface area (TPSA) is 95.0 Å². The van der Waals surface area contributed by atoms with Crippen LogP contribution in [0.5, 0.6) is 11.5 Å². The Morgan fingerprint density at radius 2 is 1.57 bits per heavy atom. The molecule has 0 unspecified atom stereocenters. The SMILES string of the molecule is COC(=O)c1ccc2nc(N3C(=O)c4ccccc4C3=O)c(OCc3ccc(OC)cc3)cc2c1. The van der Waals surface area contributed by atoms with Gasteiger partial charge in [0.2, 0.25) is 0 Å². The normalized spacial score (nSPS) is 12.6. The number of ether oxygens (including phenoxy) is 3. The van der Waals surface area contributed by atoms with Crippen LogP contribution in [-0.4, -0.2) is 37.0 Å². The van der Waals surface area contributed by atoms with E-state index in [1.807, 2.05) is 24.3 Å². The van der Waals surface area contributed by atoms with E-state index in [-0.39, 0.29) is 18.2 Å². The van der Waals surface area contributed by atoms with Gasteiger partial charge in [-0.15, -0.1) is 0 Å². The second-order valence-corrected chi connectivity index (χ2v) is 7.84. The molecule has 0 fully saturated rings. The number of aromatic nitrogens is 1. The molecule has 1 aromatic heterocycles. The average molecular weight is 468 g/mol. The number of hydrogen-bond donors (Lipinski definition) is 0. The molecule has 8 nitrogen and oxygen atoms in total. The van der Waals surface area contributed by atoms with Crippen LogP contribution in [0.3, 0.4) is 0 Å². The van der Waals surface area contributed by atoms with Crippen LogP contribution < -0.4 is 14.4 Å². The number of benzene rings is 3. The first-order valence-electron chi connectivity index (χ1n) is 10.8. The zero-order chi connectivity index (χ0) is 24.5. The standard InChI is InChI=1S/C27H20N2O6/c1-33-19-10-7-16(8-11-19)15-35-23-14-18-13-17(27(32)34-2)9-12-22(18)28-24(23)29-25(30)20-5-3-4-6-21(20)26(29)31/h3-14H,15H2,1-2H3. The van der Waals surface area contributed by atoms with Crippen LogP contribution in [0.4, 0.5) is 5.82 Å². The summed E-state index contributed by atoms with van der Waals surface area (Å²) in [5.74, 6) is -0.413. The third kappa shape index (κ3) is 3.95. The average Bonchev–Trinajstić information content (AvgIpc) is 3.16. The highest BCUT2D eigenvalue weighted by molar-refractivity contribution is 6.34. The molecule has 1 aliphatic heterocycles. The van der Waals surface area contributed by atoms with Gasteiger partial charge >= 0.3 is 5.97 Å². The van der Waals surface area contributed by atoms with Crippen molar-refractivity contribution >= 4 is 34.5 Å². The van der Waals surface area contributed by atoms with Gasteiger partial charge in [0.1, 0.15) is 12.4 Å². The monoisotopic (exact) mass is 468 g/mol. The zero-order valence-corrected chi connectivity index (χ0v) is 19.0.